The maximum Gasteiger partial charge on any atom is 0.308 e. The number of nitrogens with two attached hydrogens (primary N) is 1. The number of nitrogens with zero attached hydrogens (tertiary/aromatic N) is 3. The van der Waals surface area contributed by atoms with Crippen molar-refractivity contribution in [1.29, 1.82) is 5.26 Å². The van der Waals surface area contributed by atoms with Gasteiger partial charge >= 0.3 is 5.91 Å². The lowest BCUT2D eigenvalue weighted by Crippen LogP contribution is -2.56. The lowest BCUT2D eigenvalue weighted by atomic mass is 10.0. The van der Waals surface area contributed by atoms with Crippen LogP contribution in [0.1, 0.15) is 34.6 Å². The smallest absolute Gasteiger partial charge is 0.308 e. The average Bonchev–Trinajstić information content (AvgIpc) is 2.77. The molecule has 0 aliphatic rings. The first kappa shape index (κ1) is 23.8. The van der Waals surface area contributed by atoms with Gasteiger partial charge in [0.1, 0.15) is 11.7 Å². The minimum absolute atomic E-state index is 0.0821. The van der Waals surface area contributed by atoms with Crippen LogP contribution >= 0.6 is 11.6 Å². The Bertz CT molecular complexity index is 969. The molecule has 162 valence electrons. The van der Waals surface area contributed by atoms with Gasteiger partial charge in [-0.3, -0.25) is 9.59 Å². The molecule has 0 radical (unpaired) electrons. The summed E-state index contributed by atoms with van der Waals surface area (Å²) in [4.78, 5) is 28.3. The normalized spacial score (nSPS) is 11.9. The minimum atomic E-state index is -0.805. The van der Waals surface area contributed by atoms with Gasteiger partial charge in [-0.1, -0.05) is 42.8 Å². The molecular formula is C21H25ClN7O2+. The molecule has 0 spiro atoms. The summed E-state index contributed by atoms with van der Waals surface area (Å²) < 4.78 is 0. The molecule has 0 saturated carbocycles. The second kappa shape index (κ2) is 11.7. The van der Waals surface area contributed by atoms with Gasteiger partial charge in [-0.2, -0.15) is 5.26 Å². The number of carbonyl (C=O) groups is 2. The number of halogens is 1. The van der Waals surface area contributed by atoms with E-state index in [1.54, 1.807) is 6.07 Å². The van der Waals surface area contributed by atoms with Crippen LogP contribution < -0.4 is 22.2 Å². The Labute approximate surface area is 185 Å². The van der Waals surface area contributed by atoms with E-state index in [2.05, 4.69) is 27.4 Å². The van der Waals surface area contributed by atoms with Crippen LogP contribution in [0.4, 0.5) is 0 Å². The molecule has 7 N–H and O–H groups in total. The van der Waals surface area contributed by atoms with Gasteiger partial charge in [0.05, 0.1) is 23.8 Å². The van der Waals surface area contributed by atoms with Crippen LogP contribution in [0.2, 0.25) is 5.02 Å². The fraction of sp³-hybridized carbons (Fsp3) is 0.238. The lowest BCUT2D eigenvalue weighted by molar-refractivity contribution is -0.300. The molecule has 1 unspecified atom stereocenters. The highest BCUT2D eigenvalue weighted by atomic mass is 35.5. The summed E-state index contributed by atoms with van der Waals surface area (Å²) >= 11 is 5.74. The standard InChI is InChI=1S/C21H24ClN7O2/c1-2-14-3-5-15(6-4-14)19(11-23)28-20(30)17(24)13-29(25)10-9-26-21(31)18-8-7-16(22)12-27-18/h3-8,12-13,19H,2,9-10,24-25H2,1H3,(H,26,31)(H,28,30)/p+1/b17-13-. The van der Waals surface area contributed by atoms with Crippen LogP contribution in [0.3, 0.4) is 0 Å². The first-order valence-corrected chi connectivity index (χ1v) is 9.96. The number of nitrogens with one attached hydrogen (secondary N) is 2. The molecule has 2 rings (SSSR count). The quantitative estimate of drug-likeness (QED) is 0.254. The summed E-state index contributed by atoms with van der Waals surface area (Å²) in [5.74, 6) is 4.97. The van der Waals surface area contributed by atoms with E-state index in [0.29, 0.717) is 10.6 Å². The average molecular weight is 443 g/mol. The molecule has 1 heterocycles. The van der Waals surface area contributed by atoms with Crippen molar-refractivity contribution in [2.45, 2.75) is 19.4 Å². The number of hydrogen-bond acceptors (Lipinski definition) is 6. The van der Waals surface area contributed by atoms with Gasteiger partial charge < -0.3 is 21.4 Å². The van der Waals surface area contributed by atoms with Gasteiger partial charge in [-0.05, 0) is 29.7 Å². The maximum absolute atomic E-state index is 12.4. The zero-order valence-electron chi connectivity index (χ0n) is 17.1. The Hall–Kier alpha value is -3.45. The first-order valence-electron chi connectivity index (χ1n) is 9.58. The number of quaternary nitrogens is 1. The molecule has 0 saturated heterocycles. The van der Waals surface area contributed by atoms with Gasteiger partial charge in [-0.25, -0.2) is 10.8 Å². The molecule has 10 heteroatoms. The number of carbonyl (C=O) groups excluding carboxylic acids is 2. The number of pyridine rings is 1. The monoisotopic (exact) mass is 442 g/mol. The summed E-state index contributed by atoms with van der Waals surface area (Å²) in [6.45, 7) is 2.48. The SMILES string of the molecule is CCc1ccc(C(C#N)NC(=O)/C([NH3+])=C/N(N)CCNC(=O)c2ccc(Cl)cn2)cc1. The fourth-order valence-electron chi connectivity index (χ4n) is 2.58. The third-order valence-electron chi connectivity index (χ3n) is 4.35. The number of nitriles is 1. The molecule has 1 aromatic carbocycles. The molecule has 1 aromatic heterocycles. The predicted octanol–water partition coefficient (Wildman–Crippen LogP) is 0.667. The number of hydrogen-bond donors (Lipinski definition) is 4. The number of aromatic nitrogens is 1. The molecule has 0 aliphatic heterocycles. The topological polar surface area (TPSA) is 152 Å². The first-order chi connectivity index (χ1) is 14.8. The zero-order valence-corrected chi connectivity index (χ0v) is 17.9. The number of hydrazine groups is 1. The largest absolute Gasteiger partial charge is 0.349 e. The molecule has 2 amide bonds. The van der Waals surface area contributed by atoms with E-state index in [4.69, 9.17) is 17.4 Å². The Morgan fingerprint density at radius 3 is 2.61 bits per heavy atom. The summed E-state index contributed by atoms with van der Waals surface area (Å²) in [6.07, 6.45) is 3.62. The molecule has 0 fully saturated rings. The Morgan fingerprint density at radius 1 is 1.32 bits per heavy atom. The van der Waals surface area contributed by atoms with Crippen molar-refractivity contribution in [3.63, 3.8) is 0 Å². The predicted molar refractivity (Wildman–Crippen MR) is 116 cm³/mol. The van der Waals surface area contributed by atoms with Crippen molar-refractivity contribution in [2.24, 2.45) is 5.84 Å². The van der Waals surface area contributed by atoms with E-state index in [-0.39, 0.29) is 30.4 Å². The van der Waals surface area contributed by atoms with Crippen molar-refractivity contribution in [2.75, 3.05) is 13.1 Å². The Morgan fingerprint density at radius 2 is 2.03 bits per heavy atom. The van der Waals surface area contributed by atoms with E-state index < -0.39 is 11.9 Å². The number of amides is 2. The third kappa shape index (κ3) is 7.38. The van der Waals surface area contributed by atoms with Crippen molar-refractivity contribution in [3.05, 3.63) is 76.3 Å². The third-order valence-corrected chi connectivity index (χ3v) is 4.58. The molecule has 31 heavy (non-hydrogen) atoms. The summed E-state index contributed by atoms with van der Waals surface area (Å²) in [5, 5.41) is 16.4. The van der Waals surface area contributed by atoms with Gasteiger partial charge in [-0.15, -0.1) is 0 Å². The molecule has 9 nitrogen and oxygen atoms in total. The molecular weight excluding hydrogens is 418 g/mol. The van der Waals surface area contributed by atoms with Crippen molar-refractivity contribution in [1.82, 2.24) is 20.6 Å². The van der Waals surface area contributed by atoms with E-state index in [1.165, 1.54) is 23.5 Å². The van der Waals surface area contributed by atoms with Crippen LogP contribution in [0.5, 0.6) is 0 Å². The second-order valence-electron chi connectivity index (χ2n) is 6.64. The van der Waals surface area contributed by atoms with E-state index in [1.807, 2.05) is 31.2 Å². The van der Waals surface area contributed by atoms with Crippen LogP contribution in [0, 0.1) is 11.3 Å². The Kier molecular flexibility index (Phi) is 8.96. The van der Waals surface area contributed by atoms with Crippen LogP contribution in [-0.2, 0) is 11.2 Å². The highest BCUT2D eigenvalue weighted by molar-refractivity contribution is 6.30. The van der Waals surface area contributed by atoms with Crippen LogP contribution in [-0.4, -0.2) is 34.9 Å². The number of rotatable bonds is 9. The van der Waals surface area contributed by atoms with Crippen molar-refractivity contribution in [3.8, 4) is 6.07 Å². The molecule has 0 bridgehead atoms. The fourth-order valence-corrected chi connectivity index (χ4v) is 2.69. The van der Waals surface area contributed by atoms with Crippen molar-refractivity contribution >= 4 is 23.4 Å². The summed E-state index contributed by atoms with van der Waals surface area (Å²) in [5.41, 5.74) is 5.83. The van der Waals surface area contributed by atoms with Crippen LogP contribution in [0.25, 0.3) is 0 Å². The highest BCUT2D eigenvalue weighted by Gasteiger charge is 2.18. The van der Waals surface area contributed by atoms with E-state index in [9.17, 15) is 14.9 Å². The highest BCUT2D eigenvalue weighted by Crippen LogP contribution is 2.14. The lowest BCUT2D eigenvalue weighted by Gasteiger charge is -2.15. The van der Waals surface area contributed by atoms with Crippen molar-refractivity contribution < 1.29 is 15.3 Å². The summed E-state index contributed by atoms with van der Waals surface area (Å²) in [7, 11) is 0. The molecule has 0 aliphatic carbocycles. The zero-order chi connectivity index (χ0) is 22.8. The van der Waals surface area contributed by atoms with Gasteiger partial charge in [0.2, 0.25) is 5.70 Å². The molecule has 2 aromatic rings. The van der Waals surface area contributed by atoms with E-state index in [0.717, 1.165) is 12.0 Å². The maximum atomic E-state index is 12.4. The minimum Gasteiger partial charge on any atom is -0.349 e. The Balaban J connectivity index is 1.85. The van der Waals surface area contributed by atoms with Gasteiger partial charge in [0.15, 0.2) is 0 Å². The summed E-state index contributed by atoms with van der Waals surface area (Å²) in [6, 6.07) is 11.8. The number of aryl methyl sites for hydroxylation is 1. The van der Waals surface area contributed by atoms with Gasteiger partial charge in [0, 0.05) is 12.7 Å². The second-order valence-corrected chi connectivity index (χ2v) is 7.08. The van der Waals surface area contributed by atoms with E-state index >= 15 is 0 Å². The van der Waals surface area contributed by atoms with Gasteiger partial charge in [0.25, 0.3) is 5.91 Å². The number of benzene rings is 1. The van der Waals surface area contributed by atoms with Crippen LogP contribution in [0.15, 0.2) is 54.5 Å². The molecule has 1 atom stereocenters.